The monoisotopic (exact) mass is 386 g/mol. The van der Waals surface area contributed by atoms with Crippen molar-refractivity contribution in [2.45, 2.75) is 0 Å². The van der Waals surface area contributed by atoms with Gasteiger partial charge in [-0.15, -0.1) is 0 Å². The number of aromatic nitrogens is 1. The van der Waals surface area contributed by atoms with E-state index in [4.69, 9.17) is 21.8 Å². The lowest BCUT2D eigenvalue weighted by molar-refractivity contribution is 0.174. The van der Waals surface area contributed by atoms with E-state index >= 15 is 0 Å². The van der Waals surface area contributed by atoms with Gasteiger partial charge in [0.1, 0.15) is 0 Å². The summed E-state index contributed by atoms with van der Waals surface area (Å²) in [5.41, 5.74) is 2.93. The van der Waals surface area contributed by atoms with E-state index in [9.17, 15) is 0 Å². The minimum atomic E-state index is 0.0575. The summed E-state index contributed by atoms with van der Waals surface area (Å²) in [6.45, 7) is 1.64. The minimum Gasteiger partial charge on any atom is -0.395 e. The molecule has 1 aromatic heterocycles. The quantitative estimate of drug-likeness (QED) is 0.638. The first-order valence-electron chi connectivity index (χ1n) is 8.29. The van der Waals surface area contributed by atoms with Crippen LogP contribution in [0.3, 0.4) is 0 Å². The summed E-state index contributed by atoms with van der Waals surface area (Å²) in [6.07, 6.45) is 0. The number of hydrogen-bond acceptors (Lipinski definition) is 5. The van der Waals surface area contributed by atoms with Crippen LogP contribution in [0, 0.1) is 11.8 Å². The summed E-state index contributed by atoms with van der Waals surface area (Å²) in [4.78, 5) is 1.91. The second kappa shape index (κ2) is 9.13. The molecule has 0 atom stereocenters. The van der Waals surface area contributed by atoms with Crippen molar-refractivity contribution in [2.24, 2.45) is 0 Å². The van der Waals surface area contributed by atoms with Gasteiger partial charge in [-0.25, -0.2) is 0 Å². The highest BCUT2D eigenvalue weighted by Crippen LogP contribution is 2.31. The highest BCUT2D eigenvalue weighted by Gasteiger charge is 2.09. The number of aliphatic hydroxyl groups excluding tert-OH is 2. The number of rotatable bonds is 6. The molecular weight excluding hydrogens is 368 g/mol. The fourth-order valence-corrected chi connectivity index (χ4v) is 3.60. The van der Waals surface area contributed by atoms with Crippen LogP contribution in [0.5, 0.6) is 0 Å². The Labute approximate surface area is 161 Å². The maximum Gasteiger partial charge on any atom is 0.0919 e. The number of fused-ring (bicyclic) bond motifs is 1. The van der Waals surface area contributed by atoms with Gasteiger partial charge in [0.05, 0.1) is 30.2 Å². The molecule has 0 saturated heterocycles. The van der Waals surface area contributed by atoms with Crippen molar-refractivity contribution in [1.82, 2.24) is 9.27 Å². The normalized spacial score (nSPS) is 10.9. The fraction of sp³-hybridized carbons (Fsp3) is 0.250. The molecule has 0 amide bonds. The van der Waals surface area contributed by atoms with Gasteiger partial charge < -0.3 is 10.2 Å². The smallest absolute Gasteiger partial charge is 0.0919 e. The first-order valence-corrected chi connectivity index (χ1v) is 9.44. The van der Waals surface area contributed by atoms with Gasteiger partial charge in [-0.1, -0.05) is 41.6 Å². The first kappa shape index (κ1) is 18.8. The second-order valence-electron chi connectivity index (χ2n) is 5.77. The van der Waals surface area contributed by atoms with Crippen LogP contribution >= 0.6 is 23.1 Å². The Bertz CT molecular complexity index is 922. The maximum absolute atomic E-state index is 9.03. The molecule has 0 bridgehead atoms. The molecule has 0 spiro atoms. The summed E-state index contributed by atoms with van der Waals surface area (Å²) in [5, 5.41) is 19.9. The molecule has 3 rings (SSSR count). The Balaban J connectivity index is 1.79. The Hall–Kier alpha value is -1.94. The van der Waals surface area contributed by atoms with Crippen LogP contribution in [0.2, 0.25) is 5.02 Å². The molecule has 134 valence electrons. The van der Waals surface area contributed by atoms with E-state index in [1.54, 1.807) is 0 Å². The van der Waals surface area contributed by atoms with E-state index in [0.29, 0.717) is 24.7 Å². The third-order valence-corrected chi connectivity index (χ3v) is 5.02. The Morgan fingerprint density at radius 3 is 2.46 bits per heavy atom. The van der Waals surface area contributed by atoms with Crippen molar-refractivity contribution >= 4 is 33.2 Å². The zero-order chi connectivity index (χ0) is 18.4. The largest absolute Gasteiger partial charge is 0.395 e. The van der Waals surface area contributed by atoms with Crippen LogP contribution in [0.1, 0.15) is 5.56 Å². The van der Waals surface area contributed by atoms with Crippen molar-refractivity contribution < 1.29 is 10.2 Å². The summed E-state index contributed by atoms with van der Waals surface area (Å²) in [5.74, 6) is 6.25. The number of nitrogens with zero attached hydrogens (tertiary/aromatic N) is 2. The number of aliphatic hydroxyl groups is 2. The first-order chi connectivity index (χ1) is 12.7. The highest BCUT2D eigenvalue weighted by molar-refractivity contribution is 7.13. The second-order valence-corrected chi connectivity index (χ2v) is 7.02. The molecule has 0 saturated carbocycles. The van der Waals surface area contributed by atoms with Gasteiger partial charge in [0.25, 0.3) is 0 Å². The van der Waals surface area contributed by atoms with E-state index < -0.39 is 0 Å². The van der Waals surface area contributed by atoms with Crippen LogP contribution in [-0.2, 0) is 0 Å². The van der Waals surface area contributed by atoms with E-state index in [1.807, 2.05) is 47.4 Å². The standard InChI is InChI=1S/C20H19ClN2O2S/c21-17-6-4-16(5-7-17)20-18-8-3-15(14-19(18)26-22-20)2-1-9-23(10-12-24)11-13-25/h3-8,14,24-25H,9-13H2. The van der Waals surface area contributed by atoms with Gasteiger partial charge in [-0.05, 0) is 35.8 Å². The molecule has 0 unspecified atom stereocenters. The van der Waals surface area contributed by atoms with Gasteiger partial charge in [-0.2, -0.15) is 4.37 Å². The molecule has 2 N–H and O–H groups in total. The lowest BCUT2D eigenvalue weighted by Gasteiger charge is -2.16. The summed E-state index contributed by atoms with van der Waals surface area (Å²) in [6, 6.07) is 13.8. The van der Waals surface area contributed by atoms with Gasteiger partial charge in [0.15, 0.2) is 0 Å². The van der Waals surface area contributed by atoms with Gasteiger partial charge in [-0.3, -0.25) is 4.90 Å². The Morgan fingerprint density at radius 1 is 1.04 bits per heavy atom. The third kappa shape index (κ3) is 4.61. The summed E-state index contributed by atoms with van der Waals surface area (Å²) < 4.78 is 5.67. The molecule has 3 aromatic rings. The SMILES string of the molecule is OCCN(CC#Cc1ccc2c(-c3ccc(Cl)cc3)nsc2c1)CCO. The summed E-state index contributed by atoms with van der Waals surface area (Å²) in [7, 11) is 0. The molecule has 0 aliphatic rings. The van der Waals surface area contributed by atoms with Gasteiger partial charge in [0, 0.05) is 34.6 Å². The molecule has 0 aliphatic heterocycles. The van der Waals surface area contributed by atoms with Crippen LogP contribution in [-0.4, -0.2) is 52.3 Å². The number of hydrogen-bond donors (Lipinski definition) is 2. The van der Waals surface area contributed by atoms with Crippen molar-refractivity contribution in [3.05, 3.63) is 53.1 Å². The topological polar surface area (TPSA) is 56.6 Å². The average molecular weight is 387 g/mol. The molecule has 26 heavy (non-hydrogen) atoms. The number of halogens is 1. The van der Waals surface area contributed by atoms with E-state index in [0.717, 1.165) is 26.9 Å². The van der Waals surface area contributed by atoms with Crippen LogP contribution in [0.4, 0.5) is 0 Å². The van der Waals surface area contributed by atoms with Crippen molar-refractivity contribution in [3.63, 3.8) is 0 Å². The zero-order valence-electron chi connectivity index (χ0n) is 14.2. The molecule has 4 nitrogen and oxygen atoms in total. The predicted molar refractivity (Wildman–Crippen MR) is 108 cm³/mol. The van der Waals surface area contributed by atoms with Crippen LogP contribution < -0.4 is 0 Å². The minimum absolute atomic E-state index is 0.0575. The van der Waals surface area contributed by atoms with Crippen molar-refractivity contribution in [2.75, 3.05) is 32.8 Å². The van der Waals surface area contributed by atoms with Crippen LogP contribution in [0.25, 0.3) is 21.3 Å². The van der Waals surface area contributed by atoms with Gasteiger partial charge in [0.2, 0.25) is 0 Å². The fourth-order valence-electron chi connectivity index (χ4n) is 2.64. The van der Waals surface area contributed by atoms with E-state index in [2.05, 4.69) is 16.2 Å². The van der Waals surface area contributed by atoms with E-state index in [-0.39, 0.29) is 13.2 Å². The third-order valence-electron chi connectivity index (χ3n) is 3.96. The Kier molecular flexibility index (Phi) is 6.62. The molecule has 6 heteroatoms. The molecule has 0 fully saturated rings. The van der Waals surface area contributed by atoms with Crippen molar-refractivity contribution in [3.8, 4) is 23.1 Å². The van der Waals surface area contributed by atoms with Gasteiger partial charge >= 0.3 is 0 Å². The predicted octanol–water partition coefficient (Wildman–Crippen LogP) is 3.25. The highest BCUT2D eigenvalue weighted by atomic mass is 35.5. The molecular formula is C20H19ClN2O2S. The number of benzene rings is 2. The van der Waals surface area contributed by atoms with E-state index in [1.165, 1.54) is 11.5 Å². The molecule has 2 aromatic carbocycles. The lowest BCUT2D eigenvalue weighted by Crippen LogP contribution is -2.30. The van der Waals surface area contributed by atoms with Crippen LogP contribution in [0.15, 0.2) is 42.5 Å². The maximum atomic E-state index is 9.03. The average Bonchev–Trinajstić information content (AvgIpc) is 3.06. The molecule has 0 radical (unpaired) electrons. The zero-order valence-corrected chi connectivity index (χ0v) is 15.7. The van der Waals surface area contributed by atoms with Crippen molar-refractivity contribution in [1.29, 1.82) is 0 Å². The Morgan fingerprint density at radius 2 is 1.77 bits per heavy atom. The molecule has 1 heterocycles. The summed E-state index contributed by atoms with van der Waals surface area (Å²) >= 11 is 7.41. The molecule has 0 aliphatic carbocycles. The lowest BCUT2D eigenvalue weighted by atomic mass is 10.1.